The smallest absolute Gasteiger partial charge is 0.251 e. The summed E-state index contributed by atoms with van der Waals surface area (Å²) in [6, 6.07) is 5.01. The van der Waals surface area contributed by atoms with E-state index in [2.05, 4.69) is 5.10 Å². The van der Waals surface area contributed by atoms with E-state index in [1.54, 1.807) is 18.2 Å². The van der Waals surface area contributed by atoms with Crippen molar-refractivity contribution < 1.29 is 4.79 Å². The maximum Gasteiger partial charge on any atom is 0.251 e. The Morgan fingerprint density at radius 2 is 2.19 bits per heavy atom. The summed E-state index contributed by atoms with van der Waals surface area (Å²) in [5.41, 5.74) is 12.3. The highest BCUT2D eigenvalue weighted by Crippen LogP contribution is 2.21. The number of hydrogen-bond donors (Lipinski definition) is 2. The first-order valence-corrected chi connectivity index (χ1v) is 4.85. The van der Waals surface area contributed by atoms with Gasteiger partial charge < -0.3 is 11.5 Å². The molecule has 5 nitrogen and oxygen atoms in total. The predicted molar refractivity (Wildman–Crippen MR) is 61.5 cm³/mol. The number of aromatic nitrogens is 2. The zero-order valence-electron chi connectivity index (χ0n) is 8.22. The molecule has 2 rings (SSSR count). The number of primary amides is 1. The van der Waals surface area contributed by atoms with Crippen LogP contribution in [0.1, 0.15) is 10.4 Å². The minimum atomic E-state index is -0.535. The monoisotopic (exact) mass is 236 g/mol. The molecule has 1 heterocycles. The first-order chi connectivity index (χ1) is 7.58. The van der Waals surface area contributed by atoms with Crippen LogP contribution in [0.5, 0.6) is 0 Å². The highest BCUT2D eigenvalue weighted by atomic mass is 35.5. The molecule has 6 heteroatoms. The summed E-state index contributed by atoms with van der Waals surface area (Å²) < 4.78 is 1.46. The molecule has 16 heavy (non-hydrogen) atoms. The number of nitrogens with zero attached hydrogens (tertiary/aromatic N) is 2. The number of carbonyl (C=O) groups is 1. The molecule has 1 aromatic heterocycles. The third kappa shape index (κ3) is 1.85. The Morgan fingerprint density at radius 3 is 2.81 bits per heavy atom. The molecule has 2 aromatic rings. The van der Waals surface area contributed by atoms with Crippen LogP contribution in [-0.4, -0.2) is 15.7 Å². The van der Waals surface area contributed by atoms with Gasteiger partial charge in [-0.1, -0.05) is 11.6 Å². The molecule has 0 radical (unpaired) electrons. The van der Waals surface area contributed by atoms with Crippen molar-refractivity contribution in [3.05, 3.63) is 41.2 Å². The van der Waals surface area contributed by atoms with Crippen LogP contribution in [0.4, 0.5) is 5.69 Å². The Bertz CT molecular complexity index is 550. The van der Waals surface area contributed by atoms with Gasteiger partial charge in [-0.15, -0.1) is 0 Å². The zero-order valence-corrected chi connectivity index (χ0v) is 8.98. The van der Waals surface area contributed by atoms with E-state index in [1.165, 1.54) is 17.1 Å². The molecule has 82 valence electrons. The van der Waals surface area contributed by atoms with Crippen molar-refractivity contribution in [3.8, 4) is 5.69 Å². The van der Waals surface area contributed by atoms with Crippen molar-refractivity contribution in [2.75, 3.05) is 5.73 Å². The summed E-state index contributed by atoms with van der Waals surface area (Å²) in [7, 11) is 0. The second kappa shape index (κ2) is 3.86. The number of carbonyl (C=O) groups excluding carboxylic acids is 1. The van der Waals surface area contributed by atoms with Gasteiger partial charge in [0.25, 0.3) is 5.91 Å². The van der Waals surface area contributed by atoms with E-state index in [4.69, 9.17) is 23.1 Å². The largest absolute Gasteiger partial charge is 0.397 e. The Kier molecular flexibility index (Phi) is 2.54. The summed E-state index contributed by atoms with van der Waals surface area (Å²) in [4.78, 5) is 10.9. The minimum absolute atomic E-state index is 0.319. The maximum absolute atomic E-state index is 10.9. The van der Waals surface area contributed by atoms with Gasteiger partial charge in [-0.05, 0) is 18.2 Å². The van der Waals surface area contributed by atoms with E-state index < -0.39 is 5.91 Å². The quantitative estimate of drug-likeness (QED) is 0.769. The number of halogens is 1. The number of benzene rings is 1. The Morgan fingerprint density at radius 1 is 1.44 bits per heavy atom. The highest BCUT2D eigenvalue weighted by Gasteiger charge is 2.08. The first kappa shape index (κ1) is 10.5. The van der Waals surface area contributed by atoms with Crippen LogP contribution in [0.25, 0.3) is 5.69 Å². The van der Waals surface area contributed by atoms with E-state index in [0.29, 0.717) is 22.0 Å². The van der Waals surface area contributed by atoms with E-state index in [1.807, 2.05) is 0 Å². The molecular weight excluding hydrogens is 228 g/mol. The molecule has 0 aliphatic rings. The molecule has 0 bridgehead atoms. The van der Waals surface area contributed by atoms with Crippen LogP contribution in [0.3, 0.4) is 0 Å². The number of amides is 1. The fourth-order valence-corrected chi connectivity index (χ4v) is 1.46. The third-order valence-electron chi connectivity index (χ3n) is 2.11. The lowest BCUT2D eigenvalue weighted by Gasteiger charge is -2.05. The Labute approximate surface area is 96.6 Å². The molecule has 0 aliphatic carbocycles. The topological polar surface area (TPSA) is 86.9 Å². The fraction of sp³-hybridized carbons (Fsp3) is 0. The SMILES string of the molecule is NC(=O)c1cnn(-c2cc(Cl)ccc2N)c1. The van der Waals surface area contributed by atoms with Gasteiger partial charge in [0.05, 0.1) is 23.1 Å². The molecule has 0 saturated heterocycles. The summed E-state index contributed by atoms with van der Waals surface area (Å²) in [6.45, 7) is 0. The molecule has 0 atom stereocenters. The van der Waals surface area contributed by atoms with Gasteiger partial charge in [0, 0.05) is 11.2 Å². The molecule has 1 aromatic carbocycles. The van der Waals surface area contributed by atoms with E-state index in [0.717, 1.165) is 0 Å². The second-order valence-electron chi connectivity index (χ2n) is 3.24. The van der Waals surface area contributed by atoms with E-state index in [-0.39, 0.29) is 0 Å². The molecule has 0 aliphatic heterocycles. The highest BCUT2D eigenvalue weighted by molar-refractivity contribution is 6.30. The predicted octanol–water partition coefficient (Wildman–Crippen LogP) is 1.21. The lowest BCUT2D eigenvalue weighted by atomic mass is 10.2. The standard InChI is InChI=1S/C10H9ClN4O/c11-7-1-2-8(12)9(3-7)15-5-6(4-14-15)10(13)16/h1-5H,12H2,(H2,13,16). The van der Waals surface area contributed by atoms with Crippen molar-refractivity contribution >= 4 is 23.2 Å². The van der Waals surface area contributed by atoms with Crippen LogP contribution in [0, 0.1) is 0 Å². The molecule has 1 amide bonds. The lowest BCUT2D eigenvalue weighted by Crippen LogP contribution is -2.09. The van der Waals surface area contributed by atoms with E-state index in [9.17, 15) is 4.79 Å². The van der Waals surface area contributed by atoms with Crippen molar-refractivity contribution in [1.82, 2.24) is 9.78 Å². The van der Waals surface area contributed by atoms with Gasteiger partial charge in [0.2, 0.25) is 0 Å². The number of hydrogen-bond acceptors (Lipinski definition) is 3. The second-order valence-corrected chi connectivity index (χ2v) is 3.68. The number of nitrogen functional groups attached to an aromatic ring is 1. The van der Waals surface area contributed by atoms with Crippen molar-refractivity contribution in [1.29, 1.82) is 0 Å². The molecule has 0 saturated carbocycles. The first-order valence-electron chi connectivity index (χ1n) is 4.48. The van der Waals surface area contributed by atoms with Gasteiger partial charge in [0.1, 0.15) is 0 Å². The van der Waals surface area contributed by atoms with E-state index >= 15 is 0 Å². The number of anilines is 1. The minimum Gasteiger partial charge on any atom is -0.397 e. The van der Waals surface area contributed by atoms with Crippen LogP contribution in [0.2, 0.25) is 5.02 Å². The van der Waals surface area contributed by atoms with Crippen LogP contribution >= 0.6 is 11.6 Å². The van der Waals surface area contributed by atoms with Crippen LogP contribution in [-0.2, 0) is 0 Å². The van der Waals surface area contributed by atoms with Gasteiger partial charge in [0.15, 0.2) is 0 Å². The summed E-state index contributed by atoms with van der Waals surface area (Å²) in [5.74, 6) is -0.535. The molecule has 0 spiro atoms. The number of rotatable bonds is 2. The third-order valence-corrected chi connectivity index (χ3v) is 2.34. The maximum atomic E-state index is 10.9. The molecular formula is C10H9ClN4O. The lowest BCUT2D eigenvalue weighted by molar-refractivity contribution is 0.100. The average molecular weight is 237 g/mol. The Hall–Kier alpha value is -2.01. The molecule has 0 unspecified atom stereocenters. The zero-order chi connectivity index (χ0) is 11.7. The summed E-state index contributed by atoms with van der Waals surface area (Å²) in [6.07, 6.45) is 2.88. The fourth-order valence-electron chi connectivity index (χ4n) is 1.30. The van der Waals surface area contributed by atoms with Crippen LogP contribution in [0.15, 0.2) is 30.6 Å². The molecule has 0 fully saturated rings. The summed E-state index contributed by atoms with van der Waals surface area (Å²) in [5, 5.41) is 4.53. The molecule has 4 N–H and O–H groups in total. The normalized spacial score (nSPS) is 10.3. The summed E-state index contributed by atoms with van der Waals surface area (Å²) >= 11 is 5.85. The van der Waals surface area contributed by atoms with Gasteiger partial charge in [-0.3, -0.25) is 4.79 Å². The van der Waals surface area contributed by atoms with Crippen molar-refractivity contribution in [3.63, 3.8) is 0 Å². The van der Waals surface area contributed by atoms with Gasteiger partial charge in [-0.2, -0.15) is 5.10 Å². The van der Waals surface area contributed by atoms with Crippen molar-refractivity contribution in [2.45, 2.75) is 0 Å². The van der Waals surface area contributed by atoms with Crippen LogP contribution < -0.4 is 11.5 Å². The van der Waals surface area contributed by atoms with Crippen molar-refractivity contribution in [2.24, 2.45) is 5.73 Å². The number of nitrogens with two attached hydrogens (primary N) is 2. The van der Waals surface area contributed by atoms with Gasteiger partial charge in [-0.25, -0.2) is 4.68 Å². The Balaban J connectivity index is 2.50. The average Bonchev–Trinajstić information content (AvgIpc) is 2.70. The van der Waals surface area contributed by atoms with Gasteiger partial charge >= 0.3 is 0 Å².